The molecule has 0 radical (unpaired) electrons. The quantitative estimate of drug-likeness (QED) is 0.397. The smallest absolute Gasteiger partial charge is 0.329 e. The normalized spacial score (nSPS) is 14.2. The van der Waals surface area contributed by atoms with Crippen LogP contribution in [0.25, 0.3) is 33.4 Å². The van der Waals surface area contributed by atoms with Crippen LogP contribution in [0, 0.1) is 6.92 Å². The van der Waals surface area contributed by atoms with Crippen LogP contribution in [0.5, 0.6) is 0 Å². The van der Waals surface area contributed by atoms with E-state index < -0.39 is 0 Å². The molecule has 2 aromatic carbocycles. The van der Waals surface area contributed by atoms with Crippen LogP contribution in [0.3, 0.4) is 0 Å². The number of likely N-dealkylation sites (N-methyl/N-ethyl adjacent to an activating group) is 1. The molecule has 0 spiro atoms. The monoisotopic (exact) mass is 500 g/mol. The van der Waals surface area contributed by atoms with E-state index in [4.69, 9.17) is 5.10 Å². The van der Waals surface area contributed by atoms with E-state index in [9.17, 15) is 9.59 Å². The minimum atomic E-state index is -0.0711. The largest absolute Gasteiger partial charge is 0.353 e. The predicted octanol–water partition coefficient (Wildman–Crippen LogP) is 3.97. The van der Waals surface area contributed by atoms with Crippen LogP contribution in [-0.4, -0.2) is 56.9 Å². The van der Waals surface area contributed by atoms with Gasteiger partial charge in [-0.25, -0.2) is 4.79 Å². The number of benzene rings is 2. The summed E-state index contributed by atoms with van der Waals surface area (Å²) in [6, 6.07) is 14.7. The Hall–Kier alpha value is -3.65. The van der Waals surface area contributed by atoms with Crippen molar-refractivity contribution in [3.05, 3.63) is 64.7 Å². The molecule has 0 unspecified atom stereocenters. The minimum Gasteiger partial charge on any atom is -0.353 e. The molecule has 0 atom stereocenters. The van der Waals surface area contributed by atoms with Crippen molar-refractivity contribution in [1.29, 1.82) is 0 Å². The summed E-state index contributed by atoms with van der Waals surface area (Å²) in [6.07, 6.45) is 6.40. The Balaban J connectivity index is 1.54. The number of nitrogens with one attached hydrogen (secondary N) is 1. The van der Waals surface area contributed by atoms with Gasteiger partial charge in [-0.05, 0) is 57.6 Å². The van der Waals surface area contributed by atoms with E-state index in [1.54, 1.807) is 9.25 Å². The molecule has 0 saturated heterocycles. The van der Waals surface area contributed by atoms with Crippen LogP contribution >= 0.6 is 0 Å². The van der Waals surface area contributed by atoms with Gasteiger partial charge in [0.25, 0.3) is 0 Å². The van der Waals surface area contributed by atoms with Gasteiger partial charge in [0.1, 0.15) is 12.2 Å². The van der Waals surface area contributed by atoms with Crippen LogP contribution < -0.4 is 11.0 Å². The number of carbonyl (C=O) groups is 1. The summed E-state index contributed by atoms with van der Waals surface area (Å²) in [5.74, 6) is -0.0711. The number of aryl methyl sites for hydroxylation is 2. The molecule has 1 fully saturated rings. The van der Waals surface area contributed by atoms with Gasteiger partial charge in [-0.1, -0.05) is 42.7 Å². The Morgan fingerprint density at radius 2 is 1.86 bits per heavy atom. The number of carbonyl (C=O) groups excluding carboxylic acids is 1. The topological polar surface area (TPSA) is 77.1 Å². The summed E-state index contributed by atoms with van der Waals surface area (Å²) in [6.45, 7) is 3.58. The summed E-state index contributed by atoms with van der Waals surface area (Å²) in [5, 5.41) is 7.81. The molecular formula is C29H36N6O2. The molecule has 194 valence electrons. The van der Waals surface area contributed by atoms with Crippen molar-refractivity contribution in [2.24, 2.45) is 7.05 Å². The number of fused-ring (bicyclic) bond motifs is 1. The minimum absolute atomic E-state index is 0.0445. The molecular weight excluding hydrogens is 464 g/mol. The third kappa shape index (κ3) is 5.11. The molecule has 1 aliphatic carbocycles. The van der Waals surface area contributed by atoms with Gasteiger partial charge in [-0.3, -0.25) is 18.6 Å². The number of hydrogen-bond donors (Lipinski definition) is 1. The first-order valence-corrected chi connectivity index (χ1v) is 13.1. The average Bonchev–Trinajstić information content (AvgIpc) is 3.58. The zero-order valence-electron chi connectivity index (χ0n) is 22.2. The fraction of sp³-hybridized carbons (Fsp3) is 0.414. The number of aromatic nitrogens is 4. The average molecular weight is 501 g/mol. The highest BCUT2D eigenvalue weighted by Gasteiger charge is 2.23. The molecule has 1 amide bonds. The van der Waals surface area contributed by atoms with Gasteiger partial charge in [0.2, 0.25) is 5.91 Å². The number of amides is 1. The van der Waals surface area contributed by atoms with Crippen molar-refractivity contribution in [3.63, 3.8) is 0 Å². The van der Waals surface area contributed by atoms with Crippen LogP contribution in [0.15, 0.2) is 53.5 Å². The predicted molar refractivity (Wildman–Crippen MR) is 148 cm³/mol. The van der Waals surface area contributed by atoms with Gasteiger partial charge < -0.3 is 10.2 Å². The maximum atomic E-state index is 13.2. The molecule has 2 heterocycles. The maximum absolute atomic E-state index is 13.2. The Morgan fingerprint density at radius 3 is 2.59 bits per heavy atom. The molecule has 2 aromatic heterocycles. The zero-order chi connectivity index (χ0) is 26.1. The summed E-state index contributed by atoms with van der Waals surface area (Å²) in [7, 11) is 5.81. The molecule has 5 rings (SSSR count). The van der Waals surface area contributed by atoms with E-state index >= 15 is 0 Å². The fourth-order valence-electron chi connectivity index (χ4n) is 5.39. The van der Waals surface area contributed by atoms with E-state index in [0.717, 1.165) is 58.4 Å². The number of hydrogen-bond acceptors (Lipinski definition) is 4. The molecule has 1 aliphatic rings. The van der Waals surface area contributed by atoms with Gasteiger partial charge in [-0.2, -0.15) is 5.10 Å². The highest BCUT2D eigenvalue weighted by molar-refractivity contribution is 5.88. The van der Waals surface area contributed by atoms with Crippen LogP contribution in [0.4, 0.5) is 0 Å². The highest BCUT2D eigenvalue weighted by Crippen LogP contribution is 2.35. The lowest BCUT2D eigenvalue weighted by Gasteiger charge is -2.11. The standard InChI is InChI=1S/C29H36N6O2/c1-20-8-7-9-22(16-20)28-24(18-34(31-28)19-27(36)30-14-15-32(2)3)21-12-13-25-26(17-21)33(4)29(37)35(25)23-10-5-6-11-23/h7-9,12-13,16-18,23H,5-6,10-11,14-15,19H2,1-4H3,(H,30,36). The van der Waals surface area contributed by atoms with Gasteiger partial charge in [0.15, 0.2) is 0 Å². The summed E-state index contributed by atoms with van der Waals surface area (Å²) >= 11 is 0. The second-order valence-corrected chi connectivity index (χ2v) is 10.5. The lowest BCUT2D eigenvalue weighted by Crippen LogP contribution is -2.33. The lowest BCUT2D eigenvalue weighted by atomic mass is 10.0. The maximum Gasteiger partial charge on any atom is 0.329 e. The molecule has 1 N–H and O–H groups in total. The SMILES string of the molecule is Cc1cccc(-c2nn(CC(=O)NCCN(C)C)cc2-c2ccc3c(c2)n(C)c(=O)n3C2CCCC2)c1. The second-order valence-electron chi connectivity index (χ2n) is 10.5. The first kappa shape index (κ1) is 25.0. The van der Waals surface area contributed by atoms with Crippen LogP contribution in [0.2, 0.25) is 0 Å². The summed E-state index contributed by atoms with van der Waals surface area (Å²) < 4.78 is 5.45. The molecule has 4 aromatic rings. The first-order chi connectivity index (χ1) is 17.8. The molecule has 0 aliphatic heterocycles. The first-order valence-electron chi connectivity index (χ1n) is 13.1. The summed E-state index contributed by atoms with van der Waals surface area (Å²) in [4.78, 5) is 27.8. The van der Waals surface area contributed by atoms with Crippen LogP contribution in [0.1, 0.15) is 37.3 Å². The molecule has 8 heteroatoms. The Morgan fingerprint density at radius 1 is 1.08 bits per heavy atom. The lowest BCUT2D eigenvalue weighted by molar-refractivity contribution is -0.121. The number of imidazole rings is 1. The van der Waals surface area contributed by atoms with Crippen LogP contribution in [-0.2, 0) is 18.4 Å². The van der Waals surface area contributed by atoms with Crippen molar-refractivity contribution in [2.45, 2.75) is 45.2 Å². The third-order valence-corrected chi connectivity index (χ3v) is 7.33. The molecule has 8 nitrogen and oxygen atoms in total. The van der Waals surface area contributed by atoms with Crippen molar-refractivity contribution in [2.75, 3.05) is 27.2 Å². The Kier molecular flexibility index (Phi) is 7.02. The van der Waals surface area contributed by atoms with Gasteiger partial charge in [0, 0.05) is 43.5 Å². The van der Waals surface area contributed by atoms with Gasteiger partial charge in [0.05, 0.1) is 11.0 Å². The van der Waals surface area contributed by atoms with Crippen molar-refractivity contribution in [1.82, 2.24) is 29.1 Å². The third-order valence-electron chi connectivity index (χ3n) is 7.33. The second kappa shape index (κ2) is 10.4. The number of rotatable bonds is 8. The number of nitrogens with zero attached hydrogens (tertiary/aromatic N) is 5. The molecule has 1 saturated carbocycles. The van der Waals surface area contributed by atoms with E-state index in [-0.39, 0.29) is 24.2 Å². The van der Waals surface area contributed by atoms with Gasteiger partial charge in [-0.15, -0.1) is 0 Å². The Labute approximate surface area is 217 Å². The van der Waals surface area contributed by atoms with Gasteiger partial charge >= 0.3 is 5.69 Å². The van der Waals surface area contributed by atoms with E-state index in [2.05, 4.69) is 42.6 Å². The van der Waals surface area contributed by atoms with E-state index in [1.165, 1.54) is 12.8 Å². The fourth-order valence-corrected chi connectivity index (χ4v) is 5.39. The Bertz CT molecular complexity index is 1490. The van der Waals surface area contributed by atoms with E-state index in [1.807, 2.05) is 48.9 Å². The molecule has 0 bridgehead atoms. The van der Waals surface area contributed by atoms with E-state index in [0.29, 0.717) is 6.54 Å². The van der Waals surface area contributed by atoms with Crippen molar-refractivity contribution >= 4 is 16.9 Å². The van der Waals surface area contributed by atoms with Crippen molar-refractivity contribution in [3.8, 4) is 22.4 Å². The highest BCUT2D eigenvalue weighted by atomic mass is 16.2. The molecule has 37 heavy (non-hydrogen) atoms. The summed E-state index contributed by atoms with van der Waals surface area (Å²) in [5.41, 5.74) is 6.82. The zero-order valence-corrected chi connectivity index (χ0v) is 22.2. The van der Waals surface area contributed by atoms with Crippen molar-refractivity contribution < 1.29 is 4.79 Å².